The van der Waals surface area contributed by atoms with Gasteiger partial charge < -0.3 is 34.3 Å². The highest BCUT2D eigenvalue weighted by atomic mass is 16.7. The van der Waals surface area contributed by atoms with Crippen molar-refractivity contribution in [2.24, 2.45) is 45.3 Å². The molecule has 4 saturated carbocycles. The molecule has 6 fully saturated rings. The summed E-state index contributed by atoms with van der Waals surface area (Å²) in [5.41, 5.74) is -1.76. The molecule has 4 aliphatic carbocycles. The molecule has 49 heavy (non-hydrogen) atoms. The number of carbonyl (C=O) groups is 1. The molecule has 13 unspecified atom stereocenters. The van der Waals surface area contributed by atoms with E-state index in [9.17, 15) is 20.1 Å². The van der Waals surface area contributed by atoms with Gasteiger partial charge in [0, 0.05) is 24.4 Å². The van der Waals surface area contributed by atoms with Gasteiger partial charge in [0.05, 0.1) is 49.8 Å². The van der Waals surface area contributed by atoms with Crippen LogP contribution in [0, 0.1) is 45.3 Å². The van der Waals surface area contributed by atoms with Crippen LogP contribution in [-0.4, -0.2) is 100 Å². The molecule has 6 rings (SSSR count). The maximum Gasteiger partial charge on any atom is 0.303 e. The van der Waals surface area contributed by atoms with Crippen molar-refractivity contribution >= 4 is 5.97 Å². The van der Waals surface area contributed by atoms with Crippen LogP contribution in [0.3, 0.4) is 0 Å². The van der Waals surface area contributed by atoms with Crippen molar-refractivity contribution in [3.8, 4) is 0 Å². The van der Waals surface area contributed by atoms with Gasteiger partial charge in [-0.2, -0.15) is 0 Å². The molecule has 2 aliphatic heterocycles. The molecule has 9 heteroatoms. The summed E-state index contributed by atoms with van der Waals surface area (Å²) in [5, 5.41) is 33.6. The number of carbonyl (C=O) groups excluding carboxylic acids is 1. The molecule has 0 aromatic carbocycles. The van der Waals surface area contributed by atoms with Gasteiger partial charge in [0.2, 0.25) is 0 Å². The Bertz CT molecular complexity index is 1220. The summed E-state index contributed by atoms with van der Waals surface area (Å²) in [6.45, 7) is 23.1. The van der Waals surface area contributed by atoms with Crippen molar-refractivity contribution in [3.05, 3.63) is 0 Å². The van der Waals surface area contributed by atoms with Crippen molar-refractivity contribution in [3.63, 3.8) is 0 Å². The summed E-state index contributed by atoms with van der Waals surface area (Å²) < 4.78 is 25.6. The molecule has 282 valence electrons. The summed E-state index contributed by atoms with van der Waals surface area (Å²) in [6, 6.07) is 0. The minimum Gasteiger partial charge on any atom is -0.457 e. The Labute approximate surface area is 296 Å². The third-order valence-corrected chi connectivity index (χ3v) is 15.8. The van der Waals surface area contributed by atoms with E-state index in [0.717, 1.165) is 51.5 Å². The van der Waals surface area contributed by atoms with Gasteiger partial charge in [-0.05, 0) is 119 Å². The number of aliphatic hydroxyl groups is 3. The van der Waals surface area contributed by atoms with Gasteiger partial charge in [-0.25, -0.2) is 0 Å². The molecule has 0 radical (unpaired) electrons. The third kappa shape index (κ3) is 6.15. The number of esters is 1. The van der Waals surface area contributed by atoms with E-state index in [-0.39, 0.29) is 64.1 Å². The van der Waals surface area contributed by atoms with E-state index >= 15 is 0 Å². The van der Waals surface area contributed by atoms with E-state index in [4.69, 9.17) is 18.9 Å². The first kappa shape index (κ1) is 37.9. The Morgan fingerprint density at radius 1 is 1.06 bits per heavy atom. The average Bonchev–Trinajstić information content (AvgIpc) is 3.19. The van der Waals surface area contributed by atoms with Crippen LogP contribution in [0.25, 0.3) is 0 Å². The highest BCUT2D eigenvalue weighted by Gasteiger charge is 2.72. The van der Waals surface area contributed by atoms with Crippen LogP contribution in [0.2, 0.25) is 0 Å². The normalized spacial score (nSPS) is 46.4. The summed E-state index contributed by atoms with van der Waals surface area (Å²) in [5.74, 6) is 0.936. The standard InChI is InChI=1S/C40H69NO8/c1-24-20-27(34(37(7,8)45)47-25(2)43)48-32-31(24)38(9)15-11-16-40-17-14-29(49-30-22-41(18-19-46-30)35(3,4)23-42)36(5,6)28(40)13-12-26(21-40)39(38,10)33(32)44/h24,26-34,42,44-45H,11-23H2,1-10H3. The molecule has 3 N–H and O–H groups in total. The van der Waals surface area contributed by atoms with E-state index in [2.05, 4.69) is 53.4 Å². The Morgan fingerprint density at radius 3 is 2.43 bits per heavy atom. The predicted molar refractivity (Wildman–Crippen MR) is 187 cm³/mol. The number of ether oxygens (including phenoxy) is 4. The first-order valence-corrected chi connectivity index (χ1v) is 19.6. The summed E-state index contributed by atoms with van der Waals surface area (Å²) in [4.78, 5) is 14.4. The largest absolute Gasteiger partial charge is 0.457 e. The molecule has 2 saturated heterocycles. The quantitative estimate of drug-likeness (QED) is 0.289. The van der Waals surface area contributed by atoms with E-state index in [1.165, 1.54) is 13.3 Å². The van der Waals surface area contributed by atoms with E-state index in [1.54, 1.807) is 13.8 Å². The highest BCUT2D eigenvalue weighted by molar-refractivity contribution is 5.66. The number of nitrogens with zero attached hydrogens (tertiary/aromatic N) is 1. The smallest absolute Gasteiger partial charge is 0.303 e. The molecule has 2 bridgehead atoms. The Kier molecular flexibility index (Phi) is 10.0. The predicted octanol–water partition coefficient (Wildman–Crippen LogP) is 5.71. The zero-order valence-electron chi connectivity index (χ0n) is 32.3. The van der Waals surface area contributed by atoms with Crippen LogP contribution in [-0.2, 0) is 23.7 Å². The minimum atomic E-state index is -1.26. The number of hydrogen-bond acceptors (Lipinski definition) is 9. The number of aliphatic hydroxyl groups excluding tert-OH is 2. The minimum absolute atomic E-state index is 0.0132. The fourth-order valence-corrected chi connectivity index (χ4v) is 13.0. The van der Waals surface area contributed by atoms with Gasteiger partial charge in [0.25, 0.3) is 0 Å². The molecule has 6 aliphatic rings. The second kappa shape index (κ2) is 12.9. The van der Waals surface area contributed by atoms with Crippen LogP contribution in [0.1, 0.15) is 127 Å². The van der Waals surface area contributed by atoms with Crippen LogP contribution < -0.4 is 0 Å². The fourth-order valence-electron chi connectivity index (χ4n) is 13.0. The molecule has 0 amide bonds. The zero-order valence-corrected chi connectivity index (χ0v) is 32.3. The van der Waals surface area contributed by atoms with Crippen LogP contribution in [0.4, 0.5) is 0 Å². The van der Waals surface area contributed by atoms with Crippen molar-refractivity contribution in [1.82, 2.24) is 4.90 Å². The lowest BCUT2D eigenvalue weighted by atomic mass is 9.41. The molecule has 13 atom stereocenters. The lowest BCUT2D eigenvalue weighted by Gasteiger charge is -2.64. The summed E-state index contributed by atoms with van der Waals surface area (Å²) in [7, 11) is 0. The molecule has 2 heterocycles. The number of fused-ring (bicyclic) bond motifs is 5. The van der Waals surface area contributed by atoms with Gasteiger partial charge in [0.15, 0.2) is 12.4 Å². The Hall–Kier alpha value is -0.810. The second-order valence-electron chi connectivity index (χ2n) is 19.7. The van der Waals surface area contributed by atoms with E-state index in [1.807, 2.05) is 0 Å². The van der Waals surface area contributed by atoms with Gasteiger partial charge in [-0.15, -0.1) is 0 Å². The number of rotatable bonds is 7. The highest BCUT2D eigenvalue weighted by Crippen LogP contribution is 2.73. The van der Waals surface area contributed by atoms with E-state index < -0.39 is 29.9 Å². The SMILES string of the molecule is CC(=O)OC(C1CC(C)C2C(O1)C(O)C1(C)C3CCC4C(CCCC21C)(CCC(OC1CN(C(C)(C)CO)CCO1)C4(C)C)C3)C(C)(C)O. The van der Waals surface area contributed by atoms with Crippen LogP contribution in [0.15, 0.2) is 0 Å². The maximum absolute atomic E-state index is 12.5. The second-order valence-corrected chi connectivity index (χ2v) is 19.7. The number of hydrogen-bond donors (Lipinski definition) is 3. The Morgan fingerprint density at radius 2 is 1.78 bits per heavy atom. The third-order valence-electron chi connectivity index (χ3n) is 15.8. The van der Waals surface area contributed by atoms with Crippen molar-refractivity contribution in [2.45, 2.75) is 175 Å². The van der Waals surface area contributed by atoms with Gasteiger partial charge in [-0.3, -0.25) is 9.69 Å². The zero-order chi connectivity index (χ0) is 35.9. The van der Waals surface area contributed by atoms with Crippen LogP contribution >= 0.6 is 0 Å². The molecule has 0 aromatic rings. The van der Waals surface area contributed by atoms with Crippen molar-refractivity contribution < 1.29 is 39.1 Å². The summed E-state index contributed by atoms with van der Waals surface area (Å²) >= 11 is 0. The lowest BCUT2D eigenvalue weighted by molar-refractivity contribution is -0.259. The molecule has 1 spiro atoms. The monoisotopic (exact) mass is 692 g/mol. The van der Waals surface area contributed by atoms with Crippen molar-refractivity contribution in [2.75, 3.05) is 26.3 Å². The lowest BCUT2D eigenvalue weighted by Crippen LogP contribution is -2.60. The fraction of sp³-hybridized carbons (Fsp3) is 0.975. The first-order chi connectivity index (χ1) is 22.7. The van der Waals surface area contributed by atoms with Gasteiger partial charge >= 0.3 is 5.97 Å². The molecule has 0 aromatic heterocycles. The van der Waals surface area contributed by atoms with Gasteiger partial charge in [-0.1, -0.05) is 41.0 Å². The Balaban J connectivity index is 1.22. The molecule has 9 nitrogen and oxygen atoms in total. The first-order valence-electron chi connectivity index (χ1n) is 19.6. The summed E-state index contributed by atoms with van der Waals surface area (Å²) in [6.07, 6.45) is 7.17. The van der Waals surface area contributed by atoms with Gasteiger partial charge in [0.1, 0.15) is 0 Å². The van der Waals surface area contributed by atoms with Crippen molar-refractivity contribution in [1.29, 1.82) is 0 Å². The maximum atomic E-state index is 12.5. The number of morpholine rings is 1. The molecular formula is C40H69NO8. The van der Waals surface area contributed by atoms with Crippen LogP contribution in [0.5, 0.6) is 0 Å². The molecular weight excluding hydrogens is 622 g/mol. The topological polar surface area (TPSA) is 118 Å². The van der Waals surface area contributed by atoms with E-state index in [0.29, 0.717) is 31.4 Å². The average molecular weight is 692 g/mol.